The number of carbonyl (C=O) groups is 1. The first-order valence-electron chi connectivity index (χ1n) is 6.04. The molecule has 3 N–H and O–H groups in total. The number of methoxy groups -OCH3 is 1. The lowest BCUT2D eigenvalue weighted by Gasteiger charge is -2.20. The van der Waals surface area contributed by atoms with Gasteiger partial charge in [0, 0.05) is 6.61 Å². The minimum atomic E-state index is -0.436. The van der Waals surface area contributed by atoms with Crippen LogP contribution in [0.15, 0.2) is 24.3 Å². The molecule has 0 aliphatic rings. The van der Waals surface area contributed by atoms with Crippen LogP contribution in [-0.2, 0) is 9.53 Å². The Kier molecular flexibility index (Phi) is 6.89. The van der Waals surface area contributed by atoms with Gasteiger partial charge < -0.3 is 20.5 Å². The molecule has 0 radical (unpaired) electrons. The van der Waals surface area contributed by atoms with Crippen molar-refractivity contribution in [1.29, 1.82) is 0 Å². The molecule has 0 heterocycles. The highest BCUT2D eigenvalue weighted by Crippen LogP contribution is 2.16. The van der Waals surface area contributed by atoms with E-state index in [0.717, 1.165) is 5.56 Å². The number of aliphatic hydroxyl groups excluding tert-OH is 1. The highest BCUT2D eigenvalue weighted by Gasteiger charge is 2.13. The summed E-state index contributed by atoms with van der Waals surface area (Å²) in [6.45, 7) is -0.0910. The fraction of sp³-hybridized carbons (Fsp3) is 0.385. The SMILES string of the molecule is COC(=O)CNC(=S)NC(CCO)c1ccc(F)cc1. The highest BCUT2D eigenvalue weighted by molar-refractivity contribution is 7.80. The quantitative estimate of drug-likeness (QED) is 0.535. The van der Waals surface area contributed by atoms with E-state index in [1.165, 1.54) is 19.2 Å². The molecule has 0 saturated heterocycles. The minimum absolute atomic E-state index is 0.0441. The molecular formula is C13H17FN2O3S. The molecule has 1 atom stereocenters. The smallest absolute Gasteiger partial charge is 0.325 e. The molecule has 0 aliphatic carbocycles. The number of thiocarbonyl (C=S) groups is 1. The fourth-order valence-electron chi connectivity index (χ4n) is 1.58. The molecule has 7 heteroatoms. The lowest BCUT2D eigenvalue weighted by Crippen LogP contribution is -2.40. The molecule has 1 unspecified atom stereocenters. The van der Waals surface area contributed by atoms with Crippen LogP contribution in [0.4, 0.5) is 4.39 Å². The number of nitrogens with one attached hydrogen (secondary N) is 2. The van der Waals surface area contributed by atoms with Gasteiger partial charge in [-0.2, -0.15) is 0 Å². The Bertz CT molecular complexity index is 453. The first kappa shape index (κ1) is 16.3. The second-order valence-corrected chi connectivity index (χ2v) is 4.43. The van der Waals surface area contributed by atoms with E-state index in [-0.39, 0.29) is 30.1 Å². The van der Waals surface area contributed by atoms with Crippen molar-refractivity contribution in [2.24, 2.45) is 0 Å². The molecule has 1 aromatic rings. The molecule has 1 rings (SSSR count). The summed E-state index contributed by atoms with van der Waals surface area (Å²) in [4.78, 5) is 11.0. The van der Waals surface area contributed by atoms with Crippen LogP contribution in [0.1, 0.15) is 18.0 Å². The molecule has 0 amide bonds. The average Bonchev–Trinajstić information content (AvgIpc) is 2.45. The predicted molar refractivity (Wildman–Crippen MR) is 76.6 cm³/mol. The van der Waals surface area contributed by atoms with Crippen LogP contribution >= 0.6 is 12.2 Å². The van der Waals surface area contributed by atoms with Crippen molar-refractivity contribution in [3.05, 3.63) is 35.6 Å². The van der Waals surface area contributed by atoms with E-state index in [0.29, 0.717) is 6.42 Å². The largest absolute Gasteiger partial charge is 0.468 e. The van der Waals surface area contributed by atoms with Crippen LogP contribution in [0.25, 0.3) is 0 Å². The molecule has 20 heavy (non-hydrogen) atoms. The second-order valence-electron chi connectivity index (χ2n) is 4.02. The number of halogens is 1. The van der Waals surface area contributed by atoms with Gasteiger partial charge in [-0.1, -0.05) is 12.1 Å². The monoisotopic (exact) mass is 300 g/mol. The van der Waals surface area contributed by atoms with Crippen LogP contribution in [0.5, 0.6) is 0 Å². The molecule has 110 valence electrons. The summed E-state index contributed by atoms with van der Waals surface area (Å²) in [5.74, 6) is -0.766. The molecule has 0 spiro atoms. The number of aliphatic hydroxyl groups is 1. The number of hydrogen-bond donors (Lipinski definition) is 3. The molecular weight excluding hydrogens is 283 g/mol. The standard InChI is InChI=1S/C13H17FN2O3S/c1-19-12(18)8-15-13(20)16-11(6-7-17)9-2-4-10(14)5-3-9/h2-5,11,17H,6-8H2,1H3,(H2,15,16,20). The van der Waals surface area contributed by atoms with Gasteiger partial charge in [0.15, 0.2) is 5.11 Å². The molecule has 0 aliphatic heterocycles. The zero-order valence-electron chi connectivity index (χ0n) is 11.1. The number of esters is 1. The van der Waals surface area contributed by atoms with Crippen LogP contribution in [0.2, 0.25) is 0 Å². The first-order chi connectivity index (χ1) is 9.56. The summed E-state index contributed by atoms with van der Waals surface area (Å²) in [5, 5.41) is 15.0. The molecule has 0 bridgehead atoms. The van der Waals surface area contributed by atoms with Gasteiger partial charge in [0.05, 0.1) is 13.2 Å². The number of rotatable bonds is 6. The normalized spacial score (nSPS) is 11.6. The molecule has 0 fully saturated rings. The van der Waals surface area contributed by atoms with Gasteiger partial charge >= 0.3 is 5.97 Å². The Labute approximate surface area is 122 Å². The van der Waals surface area contributed by atoms with Crippen molar-refractivity contribution >= 4 is 23.3 Å². The van der Waals surface area contributed by atoms with E-state index in [2.05, 4.69) is 15.4 Å². The minimum Gasteiger partial charge on any atom is -0.468 e. The molecule has 1 aromatic carbocycles. The van der Waals surface area contributed by atoms with Gasteiger partial charge in [-0.25, -0.2) is 4.39 Å². The Hall–Kier alpha value is -1.73. The van der Waals surface area contributed by atoms with Crippen molar-refractivity contribution in [3.8, 4) is 0 Å². The van der Waals surface area contributed by atoms with E-state index < -0.39 is 5.97 Å². The van der Waals surface area contributed by atoms with Crippen LogP contribution in [0, 0.1) is 5.82 Å². The zero-order chi connectivity index (χ0) is 15.0. The maximum atomic E-state index is 12.9. The topological polar surface area (TPSA) is 70.6 Å². The lowest BCUT2D eigenvalue weighted by molar-refractivity contribution is -0.139. The van der Waals surface area contributed by atoms with Crippen molar-refractivity contribution in [3.63, 3.8) is 0 Å². The van der Waals surface area contributed by atoms with Gasteiger partial charge in [-0.15, -0.1) is 0 Å². The summed E-state index contributed by atoms with van der Waals surface area (Å²) < 4.78 is 17.4. The molecule has 5 nitrogen and oxygen atoms in total. The zero-order valence-corrected chi connectivity index (χ0v) is 11.9. The third-order valence-electron chi connectivity index (χ3n) is 2.62. The van der Waals surface area contributed by atoms with Crippen molar-refractivity contribution in [2.75, 3.05) is 20.3 Å². The molecule has 0 saturated carbocycles. The number of hydrogen-bond acceptors (Lipinski definition) is 4. The van der Waals surface area contributed by atoms with Gasteiger partial charge in [-0.3, -0.25) is 4.79 Å². The number of ether oxygens (including phenoxy) is 1. The van der Waals surface area contributed by atoms with E-state index in [1.807, 2.05) is 0 Å². The van der Waals surface area contributed by atoms with E-state index in [4.69, 9.17) is 17.3 Å². The summed E-state index contributed by atoms with van der Waals surface area (Å²) in [6.07, 6.45) is 0.408. The second kappa shape index (κ2) is 8.44. The van der Waals surface area contributed by atoms with Gasteiger partial charge in [0.25, 0.3) is 0 Å². The predicted octanol–water partition coefficient (Wildman–Crippen LogP) is 0.886. The Morgan fingerprint density at radius 1 is 1.45 bits per heavy atom. The van der Waals surface area contributed by atoms with Gasteiger partial charge in [-0.05, 0) is 36.3 Å². The van der Waals surface area contributed by atoms with E-state index in [1.54, 1.807) is 12.1 Å². The Morgan fingerprint density at radius 3 is 2.65 bits per heavy atom. The van der Waals surface area contributed by atoms with Crippen molar-refractivity contribution < 1.29 is 19.0 Å². The maximum absolute atomic E-state index is 12.9. The lowest BCUT2D eigenvalue weighted by atomic mass is 10.0. The fourth-order valence-corrected chi connectivity index (χ4v) is 1.79. The average molecular weight is 300 g/mol. The highest BCUT2D eigenvalue weighted by atomic mass is 32.1. The molecule has 0 aromatic heterocycles. The van der Waals surface area contributed by atoms with Crippen LogP contribution in [0.3, 0.4) is 0 Å². The summed E-state index contributed by atoms with van der Waals surface area (Å²) in [7, 11) is 1.29. The summed E-state index contributed by atoms with van der Waals surface area (Å²) >= 11 is 5.05. The van der Waals surface area contributed by atoms with Gasteiger partial charge in [0.2, 0.25) is 0 Å². The number of benzene rings is 1. The van der Waals surface area contributed by atoms with E-state index in [9.17, 15) is 9.18 Å². The van der Waals surface area contributed by atoms with E-state index >= 15 is 0 Å². The maximum Gasteiger partial charge on any atom is 0.325 e. The first-order valence-corrected chi connectivity index (χ1v) is 6.45. The third-order valence-corrected chi connectivity index (χ3v) is 2.88. The summed E-state index contributed by atoms with van der Waals surface area (Å²) in [6, 6.07) is 5.65. The van der Waals surface area contributed by atoms with Gasteiger partial charge in [0.1, 0.15) is 12.4 Å². The van der Waals surface area contributed by atoms with Crippen molar-refractivity contribution in [1.82, 2.24) is 10.6 Å². The summed E-state index contributed by atoms with van der Waals surface area (Å²) in [5.41, 5.74) is 0.794. The Balaban J connectivity index is 2.60. The van der Waals surface area contributed by atoms with Crippen molar-refractivity contribution in [2.45, 2.75) is 12.5 Å². The van der Waals surface area contributed by atoms with Crippen LogP contribution in [-0.4, -0.2) is 36.4 Å². The number of carbonyl (C=O) groups excluding carboxylic acids is 1. The third kappa shape index (κ3) is 5.50. The Morgan fingerprint density at radius 2 is 2.10 bits per heavy atom. The van der Waals surface area contributed by atoms with Crippen LogP contribution < -0.4 is 10.6 Å².